The van der Waals surface area contributed by atoms with E-state index in [1.165, 1.54) is 10.4 Å². The summed E-state index contributed by atoms with van der Waals surface area (Å²) in [6.45, 7) is 7.52. The fraction of sp³-hybridized carbons (Fsp3) is 0.522. The second-order valence-corrected chi connectivity index (χ2v) is 11.4. The van der Waals surface area contributed by atoms with E-state index in [0.29, 0.717) is 30.8 Å². The molecule has 3 heterocycles. The number of hydrogen-bond donors (Lipinski definition) is 0. The van der Waals surface area contributed by atoms with Gasteiger partial charge in [0.15, 0.2) is 0 Å². The number of aryl methyl sites for hydroxylation is 2. The maximum Gasteiger partial charge on any atom is 0.243 e. The molecule has 0 N–H and O–H groups in total. The van der Waals surface area contributed by atoms with Gasteiger partial charge in [-0.1, -0.05) is 24.6 Å². The number of carbonyl (C=O) groups is 1. The predicted molar refractivity (Wildman–Crippen MR) is 120 cm³/mol. The zero-order valence-corrected chi connectivity index (χ0v) is 19.6. The Hall–Kier alpha value is -1.70. The lowest BCUT2D eigenvalue weighted by Gasteiger charge is -2.39. The summed E-state index contributed by atoms with van der Waals surface area (Å²) in [6, 6.07) is 7.77. The number of amides is 1. The van der Waals surface area contributed by atoms with Gasteiger partial charge in [-0.05, 0) is 68.2 Å². The zero-order valence-electron chi connectivity index (χ0n) is 17.9. The lowest BCUT2D eigenvalue weighted by Crippen LogP contribution is -2.47. The Labute approximate surface area is 183 Å². The first kappa shape index (κ1) is 21.5. The Morgan fingerprint density at radius 3 is 2.53 bits per heavy atom. The van der Waals surface area contributed by atoms with Crippen molar-refractivity contribution < 1.29 is 13.2 Å². The molecule has 1 fully saturated rings. The number of sulfonamides is 1. The molecule has 0 aliphatic carbocycles. The largest absolute Gasteiger partial charge is 0.335 e. The number of rotatable bonds is 4. The lowest BCUT2D eigenvalue weighted by molar-refractivity contribution is -0.139. The summed E-state index contributed by atoms with van der Waals surface area (Å²) in [6.07, 6.45) is 3.02. The van der Waals surface area contributed by atoms with Crippen LogP contribution in [0.15, 0.2) is 34.5 Å². The van der Waals surface area contributed by atoms with Gasteiger partial charge in [-0.2, -0.15) is 4.31 Å². The van der Waals surface area contributed by atoms with Gasteiger partial charge in [0, 0.05) is 30.4 Å². The van der Waals surface area contributed by atoms with Crippen LogP contribution < -0.4 is 0 Å². The van der Waals surface area contributed by atoms with Crippen LogP contribution in [0.25, 0.3) is 0 Å². The van der Waals surface area contributed by atoms with Crippen LogP contribution in [0.1, 0.15) is 53.8 Å². The average Bonchev–Trinajstić information content (AvgIpc) is 3.21. The first-order valence-electron chi connectivity index (χ1n) is 10.8. The van der Waals surface area contributed by atoms with E-state index in [9.17, 15) is 13.2 Å². The van der Waals surface area contributed by atoms with Gasteiger partial charge in [0.1, 0.15) is 0 Å². The Morgan fingerprint density at radius 2 is 1.87 bits per heavy atom. The minimum atomic E-state index is -3.52. The first-order chi connectivity index (χ1) is 14.3. The van der Waals surface area contributed by atoms with Crippen LogP contribution >= 0.6 is 11.3 Å². The minimum absolute atomic E-state index is 0.0928. The summed E-state index contributed by atoms with van der Waals surface area (Å²) in [4.78, 5) is 17.2. The second kappa shape index (κ2) is 8.44. The molecule has 1 atom stereocenters. The van der Waals surface area contributed by atoms with E-state index < -0.39 is 10.0 Å². The van der Waals surface area contributed by atoms with E-state index in [1.807, 2.05) is 30.9 Å². The van der Waals surface area contributed by atoms with Gasteiger partial charge >= 0.3 is 0 Å². The highest BCUT2D eigenvalue weighted by atomic mass is 32.2. The number of hydrogen-bond acceptors (Lipinski definition) is 4. The van der Waals surface area contributed by atoms with E-state index in [1.54, 1.807) is 21.7 Å². The fourth-order valence-electron chi connectivity index (χ4n) is 4.91. The third-order valence-corrected chi connectivity index (χ3v) is 9.57. The smallest absolute Gasteiger partial charge is 0.243 e. The molecule has 2 aromatic rings. The SMILES string of the molecule is CC[C@H]1c2ccsc2CCN1C(=O)C1CCN(S(=O)(=O)c2ccc(C)cc2C)CC1. The molecular weight excluding hydrogens is 416 g/mol. The second-order valence-electron chi connectivity index (χ2n) is 8.45. The van der Waals surface area contributed by atoms with Crippen molar-refractivity contribution in [3.05, 3.63) is 51.2 Å². The van der Waals surface area contributed by atoms with Crippen LogP contribution in [0.5, 0.6) is 0 Å². The maximum absolute atomic E-state index is 13.3. The summed E-state index contributed by atoms with van der Waals surface area (Å²) < 4.78 is 27.8. The highest BCUT2D eigenvalue weighted by Gasteiger charge is 2.37. The summed E-state index contributed by atoms with van der Waals surface area (Å²) in [5.74, 6) is 0.104. The highest BCUT2D eigenvalue weighted by molar-refractivity contribution is 7.89. The summed E-state index contributed by atoms with van der Waals surface area (Å²) in [5.41, 5.74) is 3.13. The number of carbonyl (C=O) groups excluding carboxylic acids is 1. The van der Waals surface area contributed by atoms with Crippen LogP contribution in [0.4, 0.5) is 0 Å². The van der Waals surface area contributed by atoms with Crippen molar-refractivity contribution in [3.63, 3.8) is 0 Å². The van der Waals surface area contributed by atoms with Crippen molar-refractivity contribution in [2.75, 3.05) is 19.6 Å². The molecule has 7 heteroatoms. The number of nitrogens with zero attached hydrogens (tertiary/aromatic N) is 2. The molecule has 0 radical (unpaired) electrons. The van der Waals surface area contributed by atoms with Gasteiger partial charge in [0.25, 0.3) is 0 Å². The molecule has 4 rings (SSSR count). The Morgan fingerprint density at radius 1 is 1.13 bits per heavy atom. The molecular formula is C23H30N2O3S2. The molecule has 5 nitrogen and oxygen atoms in total. The van der Waals surface area contributed by atoms with Crippen LogP contribution in [0.3, 0.4) is 0 Å². The minimum Gasteiger partial charge on any atom is -0.335 e. The Kier molecular flexibility index (Phi) is 6.06. The summed E-state index contributed by atoms with van der Waals surface area (Å²) >= 11 is 1.79. The molecule has 1 aromatic heterocycles. The molecule has 1 saturated heterocycles. The van der Waals surface area contributed by atoms with E-state index in [-0.39, 0.29) is 17.9 Å². The molecule has 0 unspecified atom stereocenters. The van der Waals surface area contributed by atoms with Crippen LogP contribution in [0.2, 0.25) is 0 Å². The highest BCUT2D eigenvalue weighted by Crippen LogP contribution is 2.37. The first-order valence-corrected chi connectivity index (χ1v) is 13.1. The van der Waals surface area contributed by atoms with Crippen molar-refractivity contribution in [2.24, 2.45) is 5.92 Å². The monoisotopic (exact) mass is 446 g/mol. The number of fused-ring (bicyclic) bond motifs is 1. The quantitative estimate of drug-likeness (QED) is 0.704. The molecule has 2 aliphatic heterocycles. The van der Waals surface area contributed by atoms with Crippen LogP contribution in [-0.4, -0.2) is 43.2 Å². The van der Waals surface area contributed by atoms with E-state index >= 15 is 0 Å². The zero-order chi connectivity index (χ0) is 21.5. The van der Waals surface area contributed by atoms with Crippen molar-refractivity contribution in [1.29, 1.82) is 0 Å². The Balaban J connectivity index is 1.45. The van der Waals surface area contributed by atoms with Gasteiger partial charge in [0.05, 0.1) is 10.9 Å². The van der Waals surface area contributed by atoms with Crippen molar-refractivity contribution in [2.45, 2.75) is 57.4 Å². The molecule has 0 saturated carbocycles. The van der Waals surface area contributed by atoms with Crippen molar-refractivity contribution in [3.8, 4) is 0 Å². The molecule has 0 bridgehead atoms. The normalized spacial score (nSPS) is 20.9. The molecule has 30 heavy (non-hydrogen) atoms. The summed E-state index contributed by atoms with van der Waals surface area (Å²) in [7, 11) is -3.52. The lowest BCUT2D eigenvalue weighted by atomic mass is 9.92. The molecule has 2 aliphatic rings. The Bertz CT molecular complexity index is 1040. The van der Waals surface area contributed by atoms with Gasteiger partial charge in [0.2, 0.25) is 15.9 Å². The molecule has 1 aromatic carbocycles. The van der Waals surface area contributed by atoms with Gasteiger partial charge in [-0.25, -0.2) is 8.42 Å². The third kappa shape index (κ3) is 3.83. The van der Waals surface area contributed by atoms with Crippen LogP contribution in [0, 0.1) is 19.8 Å². The maximum atomic E-state index is 13.3. The number of thiophene rings is 1. The van der Waals surface area contributed by atoms with E-state index in [4.69, 9.17) is 0 Å². The average molecular weight is 447 g/mol. The fourth-order valence-corrected chi connectivity index (χ4v) is 7.51. The van der Waals surface area contributed by atoms with Crippen molar-refractivity contribution in [1.82, 2.24) is 9.21 Å². The van der Waals surface area contributed by atoms with Crippen molar-refractivity contribution >= 4 is 27.3 Å². The number of benzene rings is 1. The van der Waals surface area contributed by atoms with E-state index in [0.717, 1.165) is 30.5 Å². The molecule has 0 spiro atoms. The summed E-state index contributed by atoms with van der Waals surface area (Å²) in [5, 5.41) is 2.12. The van der Waals surface area contributed by atoms with Gasteiger partial charge < -0.3 is 4.90 Å². The van der Waals surface area contributed by atoms with Gasteiger partial charge in [-0.3, -0.25) is 4.79 Å². The molecule has 1 amide bonds. The van der Waals surface area contributed by atoms with Crippen LogP contribution in [-0.2, 0) is 21.2 Å². The van der Waals surface area contributed by atoms with E-state index in [2.05, 4.69) is 18.4 Å². The van der Waals surface area contributed by atoms with Gasteiger partial charge in [-0.15, -0.1) is 11.3 Å². The predicted octanol–water partition coefficient (Wildman–Crippen LogP) is 4.30. The molecule has 162 valence electrons. The number of piperidine rings is 1. The third-order valence-electron chi connectivity index (χ3n) is 6.52. The standard InChI is InChI=1S/C23H30N2O3S2/c1-4-20-19-10-14-29-21(19)9-13-25(20)23(26)18-7-11-24(12-8-18)30(27,28)22-6-5-16(2)15-17(22)3/h5-6,10,14-15,18,20H,4,7-9,11-13H2,1-3H3/t20-/m0/s1. The topological polar surface area (TPSA) is 57.7 Å².